The summed E-state index contributed by atoms with van der Waals surface area (Å²) in [6, 6.07) is 20.8. The van der Waals surface area contributed by atoms with Crippen LogP contribution in [-0.2, 0) is 6.54 Å². The molecule has 4 rings (SSSR count). The molecule has 4 aromatic rings. The second-order valence-corrected chi connectivity index (χ2v) is 7.92. The molecule has 0 atom stereocenters. The molecule has 0 aliphatic heterocycles. The average molecular weight is 478 g/mol. The number of nitrogens with zero attached hydrogens (tertiary/aromatic N) is 4. The third kappa shape index (κ3) is 3.36. The lowest BCUT2D eigenvalue weighted by atomic mass is 10.1. The predicted octanol–water partition coefficient (Wildman–Crippen LogP) is 5.66. The highest BCUT2D eigenvalue weighted by molar-refractivity contribution is 14.1. The van der Waals surface area contributed by atoms with Gasteiger partial charge < -0.3 is 9.13 Å². The molecule has 2 heterocycles. The number of aromatic nitrogens is 3. The predicted molar refractivity (Wildman–Crippen MR) is 121 cm³/mol. The molecule has 2 aromatic carbocycles. The van der Waals surface area contributed by atoms with Crippen molar-refractivity contribution in [3.63, 3.8) is 0 Å². The van der Waals surface area contributed by atoms with Gasteiger partial charge in [0.15, 0.2) is 0 Å². The maximum Gasteiger partial charge on any atom is 0.0966 e. The fourth-order valence-electron chi connectivity index (χ4n) is 3.56. The van der Waals surface area contributed by atoms with E-state index < -0.39 is 0 Å². The molecule has 0 amide bonds. The van der Waals surface area contributed by atoms with Crippen LogP contribution in [0.2, 0.25) is 0 Å². The molecule has 2 aromatic heterocycles. The van der Waals surface area contributed by atoms with Crippen LogP contribution in [0.1, 0.15) is 17.0 Å². The molecule has 0 N–H and O–H groups in total. The SMILES string of the molecule is Cc1cc(/C=C(/C#N)Cn2cnc3ccccc32)c(C)n1-c1ccccc1I. The van der Waals surface area contributed by atoms with Crippen molar-refractivity contribution >= 4 is 39.7 Å². The summed E-state index contributed by atoms with van der Waals surface area (Å²) in [6.45, 7) is 4.70. The number of halogens is 1. The number of imidazole rings is 1. The van der Waals surface area contributed by atoms with Crippen LogP contribution < -0.4 is 0 Å². The Labute approximate surface area is 177 Å². The molecule has 0 aliphatic carbocycles. The van der Waals surface area contributed by atoms with E-state index in [9.17, 15) is 5.26 Å². The Morgan fingerprint density at radius 2 is 1.89 bits per heavy atom. The van der Waals surface area contributed by atoms with Gasteiger partial charge in [-0.15, -0.1) is 0 Å². The van der Waals surface area contributed by atoms with Gasteiger partial charge in [0.25, 0.3) is 0 Å². The Hall–Kier alpha value is -2.85. The standard InChI is InChI=1S/C23H19IN4/c1-16-11-19(17(2)28(16)22-9-5-3-7-20(22)24)12-18(13-25)14-27-15-26-21-8-4-6-10-23(21)27/h3-12,15H,14H2,1-2H3/b18-12-. The molecule has 0 fully saturated rings. The van der Waals surface area contributed by atoms with E-state index in [1.165, 1.54) is 3.57 Å². The first-order valence-electron chi connectivity index (χ1n) is 9.03. The van der Waals surface area contributed by atoms with Crippen molar-refractivity contribution in [3.05, 3.63) is 87.0 Å². The molecule has 28 heavy (non-hydrogen) atoms. The van der Waals surface area contributed by atoms with Crippen LogP contribution in [0.5, 0.6) is 0 Å². The van der Waals surface area contributed by atoms with Crippen LogP contribution in [0.25, 0.3) is 22.8 Å². The van der Waals surface area contributed by atoms with Gasteiger partial charge in [0.1, 0.15) is 0 Å². The number of rotatable bonds is 4. The maximum atomic E-state index is 9.73. The number of nitriles is 1. The van der Waals surface area contributed by atoms with Crippen molar-refractivity contribution in [2.24, 2.45) is 0 Å². The van der Waals surface area contributed by atoms with Gasteiger partial charge in [-0.3, -0.25) is 0 Å². The van der Waals surface area contributed by atoms with Crippen LogP contribution in [0.3, 0.4) is 0 Å². The second-order valence-electron chi connectivity index (χ2n) is 6.76. The number of hydrogen-bond donors (Lipinski definition) is 0. The molecule has 0 radical (unpaired) electrons. The quantitative estimate of drug-likeness (QED) is 0.281. The summed E-state index contributed by atoms with van der Waals surface area (Å²) in [5.41, 5.74) is 7.19. The largest absolute Gasteiger partial charge is 0.325 e. The third-order valence-electron chi connectivity index (χ3n) is 4.91. The van der Waals surface area contributed by atoms with Gasteiger partial charge in [0, 0.05) is 20.5 Å². The highest BCUT2D eigenvalue weighted by Crippen LogP contribution is 2.26. The second kappa shape index (κ2) is 7.64. The van der Waals surface area contributed by atoms with Gasteiger partial charge in [0.05, 0.1) is 35.7 Å². The average Bonchev–Trinajstić information content (AvgIpc) is 3.23. The summed E-state index contributed by atoms with van der Waals surface area (Å²) in [6.07, 6.45) is 3.79. The first-order chi connectivity index (χ1) is 13.6. The summed E-state index contributed by atoms with van der Waals surface area (Å²) in [5.74, 6) is 0. The van der Waals surface area contributed by atoms with Gasteiger partial charge in [-0.05, 0) is 78.4 Å². The molecular weight excluding hydrogens is 459 g/mol. The minimum Gasteiger partial charge on any atom is -0.325 e. The van der Waals surface area contributed by atoms with Crippen LogP contribution in [0.15, 0.2) is 66.5 Å². The van der Waals surface area contributed by atoms with E-state index >= 15 is 0 Å². The van der Waals surface area contributed by atoms with Crippen LogP contribution in [0.4, 0.5) is 0 Å². The number of fused-ring (bicyclic) bond motifs is 1. The van der Waals surface area contributed by atoms with Crippen molar-refractivity contribution in [2.75, 3.05) is 0 Å². The van der Waals surface area contributed by atoms with Crippen molar-refractivity contribution in [2.45, 2.75) is 20.4 Å². The van der Waals surface area contributed by atoms with E-state index in [4.69, 9.17) is 0 Å². The number of allylic oxidation sites excluding steroid dienone is 1. The van der Waals surface area contributed by atoms with Crippen molar-refractivity contribution in [1.29, 1.82) is 5.26 Å². The number of hydrogen-bond acceptors (Lipinski definition) is 2. The molecule has 5 heteroatoms. The lowest BCUT2D eigenvalue weighted by Gasteiger charge is -2.11. The Balaban J connectivity index is 1.73. The van der Waals surface area contributed by atoms with Crippen molar-refractivity contribution in [3.8, 4) is 11.8 Å². The highest BCUT2D eigenvalue weighted by atomic mass is 127. The smallest absolute Gasteiger partial charge is 0.0966 e. The fourth-order valence-corrected chi connectivity index (χ4v) is 4.19. The normalized spacial score (nSPS) is 11.7. The monoisotopic (exact) mass is 478 g/mol. The third-order valence-corrected chi connectivity index (χ3v) is 5.82. The summed E-state index contributed by atoms with van der Waals surface area (Å²) >= 11 is 2.36. The molecule has 0 aliphatic rings. The van der Waals surface area contributed by atoms with Crippen molar-refractivity contribution < 1.29 is 0 Å². The molecule has 0 bridgehead atoms. The lowest BCUT2D eigenvalue weighted by Crippen LogP contribution is -2.01. The van der Waals surface area contributed by atoms with Gasteiger partial charge in [0.2, 0.25) is 0 Å². The minimum atomic E-state index is 0.504. The molecular formula is C23H19IN4. The number of aryl methyl sites for hydroxylation is 1. The zero-order valence-electron chi connectivity index (χ0n) is 15.7. The Morgan fingerprint density at radius 3 is 2.68 bits per heavy atom. The topological polar surface area (TPSA) is 46.5 Å². The lowest BCUT2D eigenvalue weighted by molar-refractivity contribution is 0.830. The Bertz CT molecular complexity index is 1240. The maximum absolute atomic E-state index is 9.73. The number of benzene rings is 2. The van der Waals surface area contributed by atoms with E-state index in [0.29, 0.717) is 12.1 Å². The molecule has 0 saturated heterocycles. The highest BCUT2D eigenvalue weighted by Gasteiger charge is 2.12. The van der Waals surface area contributed by atoms with E-state index in [0.717, 1.165) is 33.7 Å². The van der Waals surface area contributed by atoms with E-state index in [2.05, 4.69) is 76.3 Å². The molecule has 4 nitrogen and oxygen atoms in total. The summed E-state index contributed by atoms with van der Waals surface area (Å²) < 4.78 is 5.46. The summed E-state index contributed by atoms with van der Waals surface area (Å²) in [7, 11) is 0. The van der Waals surface area contributed by atoms with E-state index in [1.54, 1.807) is 6.33 Å². The van der Waals surface area contributed by atoms with Crippen LogP contribution in [0, 0.1) is 28.7 Å². The first kappa shape index (κ1) is 18.5. The Kier molecular flexibility index (Phi) is 5.05. The number of para-hydroxylation sites is 3. The van der Waals surface area contributed by atoms with Crippen LogP contribution >= 0.6 is 22.6 Å². The van der Waals surface area contributed by atoms with E-state index in [-0.39, 0.29) is 0 Å². The molecule has 0 saturated carbocycles. The zero-order chi connectivity index (χ0) is 19.7. The first-order valence-corrected chi connectivity index (χ1v) is 10.1. The van der Waals surface area contributed by atoms with Gasteiger partial charge >= 0.3 is 0 Å². The van der Waals surface area contributed by atoms with Gasteiger partial charge in [-0.25, -0.2) is 4.98 Å². The van der Waals surface area contributed by atoms with Crippen molar-refractivity contribution in [1.82, 2.24) is 14.1 Å². The summed E-state index contributed by atoms with van der Waals surface area (Å²) in [4.78, 5) is 4.42. The molecule has 0 spiro atoms. The molecule has 138 valence electrons. The van der Waals surface area contributed by atoms with Crippen LogP contribution in [-0.4, -0.2) is 14.1 Å². The Morgan fingerprint density at radius 1 is 1.14 bits per heavy atom. The summed E-state index contributed by atoms with van der Waals surface area (Å²) in [5, 5.41) is 9.73. The molecule has 0 unspecified atom stereocenters. The minimum absolute atomic E-state index is 0.504. The zero-order valence-corrected chi connectivity index (χ0v) is 17.9. The van der Waals surface area contributed by atoms with Gasteiger partial charge in [-0.1, -0.05) is 24.3 Å². The van der Waals surface area contributed by atoms with E-state index in [1.807, 2.05) is 41.0 Å². The van der Waals surface area contributed by atoms with Gasteiger partial charge in [-0.2, -0.15) is 5.26 Å². The fraction of sp³-hybridized carbons (Fsp3) is 0.130.